The van der Waals surface area contributed by atoms with Crippen LogP contribution in [0.25, 0.3) is 0 Å². The van der Waals surface area contributed by atoms with E-state index in [1.165, 1.54) is 36.1 Å². The highest BCUT2D eigenvalue weighted by molar-refractivity contribution is 9.10. The average molecular weight is 320 g/mol. The molecule has 0 bridgehead atoms. The fourth-order valence-corrected chi connectivity index (χ4v) is 3.84. The molecule has 0 aromatic heterocycles. The van der Waals surface area contributed by atoms with E-state index < -0.39 is 0 Å². The van der Waals surface area contributed by atoms with E-state index in [1.807, 2.05) is 0 Å². The minimum atomic E-state index is 0.0498. The Kier molecular flexibility index (Phi) is 2.72. The summed E-state index contributed by atoms with van der Waals surface area (Å²) in [5.41, 5.74) is 11.6. The Labute approximate surface area is 122 Å². The Morgan fingerprint density at radius 2 is 2.11 bits per heavy atom. The molecule has 0 amide bonds. The van der Waals surface area contributed by atoms with Crippen molar-refractivity contribution in [2.75, 3.05) is 18.4 Å². The third-order valence-corrected chi connectivity index (χ3v) is 5.41. The normalized spacial score (nSPS) is 26.7. The molecular formula is C15H18BrN3. The van der Waals surface area contributed by atoms with Gasteiger partial charge in [0.2, 0.25) is 0 Å². The largest absolute Gasteiger partial charge is 0.357 e. The molecule has 19 heavy (non-hydrogen) atoms. The van der Waals surface area contributed by atoms with Gasteiger partial charge < -0.3 is 11.1 Å². The van der Waals surface area contributed by atoms with Crippen LogP contribution in [0.1, 0.15) is 30.9 Å². The van der Waals surface area contributed by atoms with Crippen molar-refractivity contribution in [3.63, 3.8) is 0 Å². The smallest absolute Gasteiger partial charge is 0.0578 e. The molecule has 1 saturated carbocycles. The second-order valence-corrected chi connectivity index (χ2v) is 6.65. The van der Waals surface area contributed by atoms with E-state index in [-0.39, 0.29) is 6.04 Å². The van der Waals surface area contributed by atoms with Gasteiger partial charge in [-0.3, -0.25) is 4.90 Å². The zero-order chi connectivity index (χ0) is 13.0. The number of halogens is 1. The quantitative estimate of drug-likeness (QED) is 0.836. The first kappa shape index (κ1) is 11.9. The van der Waals surface area contributed by atoms with Gasteiger partial charge in [0.05, 0.1) is 11.7 Å². The van der Waals surface area contributed by atoms with Gasteiger partial charge in [-0.15, -0.1) is 0 Å². The number of rotatable bonds is 1. The Bertz CT molecular complexity index is 563. The maximum atomic E-state index is 6.48. The summed E-state index contributed by atoms with van der Waals surface area (Å²) < 4.78 is 1.11. The monoisotopic (exact) mass is 319 g/mol. The molecule has 1 aliphatic carbocycles. The SMILES string of the molecule is NC1C2=C(CN(C3CCC3)C2)Nc2c(Br)cccc21. The molecule has 0 radical (unpaired) electrons. The van der Waals surface area contributed by atoms with Gasteiger partial charge in [0.1, 0.15) is 0 Å². The van der Waals surface area contributed by atoms with Crippen LogP contribution in [0, 0.1) is 0 Å². The first-order valence-electron chi connectivity index (χ1n) is 7.01. The van der Waals surface area contributed by atoms with Crippen molar-refractivity contribution in [3.05, 3.63) is 39.5 Å². The van der Waals surface area contributed by atoms with E-state index in [2.05, 4.69) is 44.3 Å². The van der Waals surface area contributed by atoms with Crippen molar-refractivity contribution in [3.8, 4) is 0 Å². The highest BCUT2D eigenvalue weighted by atomic mass is 79.9. The predicted molar refractivity (Wildman–Crippen MR) is 80.9 cm³/mol. The number of nitrogens with two attached hydrogens (primary N) is 1. The lowest BCUT2D eigenvalue weighted by Gasteiger charge is -2.34. The van der Waals surface area contributed by atoms with Crippen molar-refractivity contribution in [1.82, 2.24) is 4.90 Å². The van der Waals surface area contributed by atoms with Crippen molar-refractivity contribution in [2.24, 2.45) is 5.73 Å². The standard InChI is InChI=1S/C15H18BrN3/c16-12-6-2-5-10-14(17)11-7-19(9-3-1-4-9)8-13(11)18-15(10)12/h2,5-6,9,14,18H,1,3-4,7-8,17H2. The summed E-state index contributed by atoms with van der Waals surface area (Å²) in [5.74, 6) is 0. The lowest BCUT2D eigenvalue weighted by molar-refractivity contribution is 0.161. The molecular weight excluding hydrogens is 302 g/mol. The second kappa shape index (κ2) is 4.33. The van der Waals surface area contributed by atoms with Gasteiger partial charge in [-0.1, -0.05) is 18.6 Å². The molecule has 2 heterocycles. The molecule has 1 fully saturated rings. The van der Waals surface area contributed by atoms with Crippen LogP contribution in [0.2, 0.25) is 0 Å². The summed E-state index contributed by atoms with van der Waals surface area (Å²) in [6.45, 7) is 2.08. The summed E-state index contributed by atoms with van der Waals surface area (Å²) in [4.78, 5) is 2.58. The molecule has 4 rings (SSSR count). The molecule has 1 atom stereocenters. The van der Waals surface area contributed by atoms with Gasteiger partial charge in [-0.05, 0) is 46.0 Å². The number of hydrogen-bond donors (Lipinski definition) is 2. The van der Waals surface area contributed by atoms with Crippen LogP contribution in [0.15, 0.2) is 33.9 Å². The first-order valence-corrected chi connectivity index (χ1v) is 7.80. The van der Waals surface area contributed by atoms with Crippen molar-refractivity contribution >= 4 is 21.6 Å². The summed E-state index contributed by atoms with van der Waals surface area (Å²) in [7, 11) is 0. The summed E-state index contributed by atoms with van der Waals surface area (Å²) in [5, 5.41) is 3.60. The zero-order valence-electron chi connectivity index (χ0n) is 10.8. The predicted octanol–water partition coefficient (Wildman–Crippen LogP) is 3.00. The van der Waals surface area contributed by atoms with E-state index in [1.54, 1.807) is 0 Å². The molecule has 1 aromatic rings. The Hall–Kier alpha value is -0.840. The fraction of sp³-hybridized carbons (Fsp3) is 0.467. The number of nitrogens with zero attached hydrogens (tertiary/aromatic N) is 1. The van der Waals surface area contributed by atoms with Crippen LogP contribution < -0.4 is 11.1 Å². The molecule has 3 aliphatic rings. The maximum Gasteiger partial charge on any atom is 0.0578 e. The fourth-order valence-electron chi connectivity index (χ4n) is 3.36. The number of benzene rings is 1. The molecule has 0 saturated heterocycles. The zero-order valence-corrected chi connectivity index (χ0v) is 12.4. The van der Waals surface area contributed by atoms with Gasteiger partial charge in [0.25, 0.3) is 0 Å². The number of hydrogen-bond acceptors (Lipinski definition) is 3. The molecule has 1 aromatic carbocycles. The van der Waals surface area contributed by atoms with Crippen molar-refractivity contribution in [2.45, 2.75) is 31.3 Å². The van der Waals surface area contributed by atoms with Crippen LogP contribution in [-0.2, 0) is 0 Å². The van der Waals surface area contributed by atoms with Gasteiger partial charge in [0, 0.05) is 29.3 Å². The van der Waals surface area contributed by atoms with E-state index in [4.69, 9.17) is 5.73 Å². The lowest BCUT2D eigenvalue weighted by atomic mass is 9.91. The first-order chi connectivity index (χ1) is 9.24. The topological polar surface area (TPSA) is 41.3 Å². The highest BCUT2D eigenvalue weighted by Crippen LogP contribution is 2.42. The van der Waals surface area contributed by atoms with Gasteiger partial charge in [-0.25, -0.2) is 0 Å². The molecule has 100 valence electrons. The number of nitrogens with one attached hydrogen (secondary N) is 1. The average Bonchev–Trinajstić information content (AvgIpc) is 2.72. The molecule has 3 N–H and O–H groups in total. The number of para-hydroxylation sites is 1. The third kappa shape index (κ3) is 1.77. The van der Waals surface area contributed by atoms with Crippen LogP contribution in [0.4, 0.5) is 5.69 Å². The molecule has 0 spiro atoms. The number of fused-ring (bicyclic) bond motifs is 1. The number of anilines is 1. The molecule has 4 heteroatoms. The summed E-state index contributed by atoms with van der Waals surface area (Å²) in [6.07, 6.45) is 4.09. The third-order valence-electron chi connectivity index (χ3n) is 4.75. The highest BCUT2D eigenvalue weighted by Gasteiger charge is 2.36. The van der Waals surface area contributed by atoms with E-state index in [0.29, 0.717) is 0 Å². The van der Waals surface area contributed by atoms with Crippen LogP contribution in [0.3, 0.4) is 0 Å². The van der Waals surface area contributed by atoms with Crippen LogP contribution in [0.5, 0.6) is 0 Å². The van der Waals surface area contributed by atoms with Crippen molar-refractivity contribution in [1.29, 1.82) is 0 Å². The lowest BCUT2D eigenvalue weighted by Crippen LogP contribution is -2.39. The molecule has 1 unspecified atom stereocenters. The van der Waals surface area contributed by atoms with E-state index in [9.17, 15) is 0 Å². The minimum Gasteiger partial charge on any atom is -0.357 e. The van der Waals surface area contributed by atoms with Crippen LogP contribution >= 0.6 is 15.9 Å². The summed E-state index contributed by atoms with van der Waals surface area (Å²) in [6, 6.07) is 7.10. The van der Waals surface area contributed by atoms with E-state index >= 15 is 0 Å². The Balaban J connectivity index is 1.65. The molecule has 2 aliphatic heterocycles. The Morgan fingerprint density at radius 3 is 2.84 bits per heavy atom. The van der Waals surface area contributed by atoms with E-state index in [0.717, 1.165) is 29.3 Å². The van der Waals surface area contributed by atoms with Gasteiger partial charge in [0.15, 0.2) is 0 Å². The maximum absolute atomic E-state index is 6.48. The Morgan fingerprint density at radius 1 is 1.26 bits per heavy atom. The minimum absolute atomic E-state index is 0.0498. The molecule has 3 nitrogen and oxygen atoms in total. The van der Waals surface area contributed by atoms with Crippen molar-refractivity contribution < 1.29 is 0 Å². The van der Waals surface area contributed by atoms with Gasteiger partial charge in [-0.2, -0.15) is 0 Å². The van der Waals surface area contributed by atoms with Gasteiger partial charge >= 0.3 is 0 Å². The summed E-state index contributed by atoms with van der Waals surface area (Å²) >= 11 is 3.62. The van der Waals surface area contributed by atoms with Crippen LogP contribution in [-0.4, -0.2) is 24.0 Å². The second-order valence-electron chi connectivity index (χ2n) is 5.80.